The summed E-state index contributed by atoms with van der Waals surface area (Å²) in [6.45, 7) is 2.17. The zero-order valence-electron chi connectivity index (χ0n) is 16.5. The molecule has 0 bridgehead atoms. The lowest BCUT2D eigenvalue weighted by molar-refractivity contribution is -0.144. The minimum atomic E-state index is -0.590. The smallest absolute Gasteiger partial charge is 0.345 e. The van der Waals surface area contributed by atoms with Crippen LogP contribution in [0.15, 0.2) is 30.4 Å². The van der Waals surface area contributed by atoms with Crippen LogP contribution in [0.5, 0.6) is 5.75 Å². The molecule has 0 saturated carbocycles. The fourth-order valence-electron chi connectivity index (χ4n) is 2.20. The van der Waals surface area contributed by atoms with Gasteiger partial charge in [0.2, 0.25) is 0 Å². The molecule has 0 N–H and O–H groups in total. The predicted octanol–water partition coefficient (Wildman–Crippen LogP) is 5.38. The van der Waals surface area contributed by atoms with E-state index in [0.717, 1.165) is 12.8 Å². The number of ether oxygens (including phenoxy) is 3. The van der Waals surface area contributed by atoms with Crippen LogP contribution in [0, 0.1) is 11.8 Å². The highest BCUT2D eigenvalue weighted by Crippen LogP contribution is 2.27. The van der Waals surface area contributed by atoms with Gasteiger partial charge in [0.1, 0.15) is 5.75 Å². The lowest BCUT2D eigenvalue weighted by atomic mass is 10.1. The summed E-state index contributed by atoms with van der Waals surface area (Å²) in [5.74, 6) is 4.51. The Morgan fingerprint density at radius 1 is 1.07 bits per heavy atom. The molecule has 0 aliphatic heterocycles. The Kier molecular flexibility index (Phi) is 13.5. The van der Waals surface area contributed by atoms with Crippen LogP contribution in [-0.2, 0) is 19.1 Å². The summed E-state index contributed by atoms with van der Waals surface area (Å²) in [5, 5.41) is 0.776. The molecule has 1 aromatic rings. The fraction of sp³-hybridized carbons (Fsp3) is 0.455. The monoisotopic (exact) mass is 440 g/mol. The number of hydrogen-bond acceptors (Lipinski definition) is 5. The van der Waals surface area contributed by atoms with E-state index in [0.29, 0.717) is 22.4 Å². The summed E-state index contributed by atoms with van der Waals surface area (Å²) in [4.78, 5) is 23.1. The van der Waals surface area contributed by atoms with Gasteiger partial charge in [0.25, 0.3) is 0 Å². The van der Waals surface area contributed by atoms with E-state index < -0.39 is 11.9 Å². The van der Waals surface area contributed by atoms with E-state index >= 15 is 0 Å². The third-order valence-electron chi connectivity index (χ3n) is 3.69. The van der Waals surface area contributed by atoms with Gasteiger partial charge in [-0.2, -0.15) is 0 Å². The first kappa shape index (κ1) is 24.9. The molecule has 0 aliphatic carbocycles. The predicted molar refractivity (Wildman–Crippen MR) is 114 cm³/mol. The van der Waals surface area contributed by atoms with Crippen LogP contribution in [0.2, 0.25) is 10.0 Å². The van der Waals surface area contributed by atoms with Crippen LogP contribution in [0.4, 0.5) is 0 Å². The van der Waals surface area contributed by atoms with Gasteiger partial charge in [0.15, 0.2) is 13.2 Å². The molecule has 0 unspecified atom stereocenters. The van der Waals surface area contributed by atoms with E-state index in [4.69, 9.17) is 37.4 Å². The normalized spacial score (nSPS) is 10.3. The number of rotatable bonds is 12. The van der Waals surface area contributed by atoms with E-state index in [1.165, 1.54) is 43.9 Å². The number of hydrogen-bond donors (Lipinski definition) is 0. The van der Waals surface area contributed by atoms with Gasteiger partial charge in [-0.1, -0.05) is 74.1 Å². The molecule has 5 nitrogen and oxygen atoms in total. The lowest BCUT2D eigenvalue weighted by Crippen LogP contribution is -2.15. The Morgan fingerprint density at radius 2 is 1.83 bits per heavy atom. The van der Waals surface area contributed by atoms with Crippen LogP contribution in [0.3, 0.4) is 0 Å². The maximum absolute atomic E-state index is 11.6. The number of carbonyl (C=O) groups excluding carboxylic acids is 2. The summed E-state index contributed by atoms with van der Waals surface area (Å²) in [6.07, 6.45) is 9.41. The van der Waals surface area contributed by atoms with Gasteiger partial charge in [-0.3, -0.25) is 0 Å². The largest absolute Gasteiger partial charge is 0.480 e. The highest BCUT2D eigenvalue weighted by molar-refractivity contribution is 6.35. The van der Waals surface area contributed by atoms with Crippen LogP contribution < -0.4 is 4.74 Å². The summed E-state index contributed by atoms with van der Waals surface area (Å²) >= 11 is 11.7. The molecular weight excluding hydrogens is 415 g/mol. The van der Waals surface area contributed by atoms with Crippen LogP contribution in [0.1, 0.15) is 45.4 Å². The fourth-order valence-corrected chi connectivity index (χ4v) is 2.66. The average Bonchev–Trinajstić information content (AvgIpc) is 2.69. The Labute approximate surface area is 182 Å². The summed E-state index contributed by atoms with van der Waals surface area (Å²) < 4.78 is 15.2. The number of allylic oxidation sites excluding steroid dienone is 1. The molecule has 1 rings (SSSR count). The Hall–Kier alpha value is -2.16. The second kappa shape index (κ2) is 15.7. The van der Waals surface area contributed by atoms with Crippen molar-refractivity contribution < 1.29 is 23.8 Å². The molecule has 0 aliphatic rings. The van der Waals surface area contributed by atoms with Crippen molar-refractivity contribution in [1.29, 1.82) is 0 Å². The molecule has 1 aromatic carbocycles. The molecule has 0 atom stereocenters. The number of halogens is 2. The topological polar surface area (TPSA) is 61.8 Å². The lowest BCUT2D eigenvalue weighted by Gasteiger charge is -2.07. The average molecular weight is 441 g/mol. The van der Waals surface area contributed by atoms with Gasteiger partial charge >= 0.3 is 11.9 Å². The van der Waals surface area contributed by atoms with Crippen molar-refractivity contribution >= 4 is 35.1 Å². The third kappa shape index (κ3) is 12.8. The molecule has 0 radical (unpaired) electrons. The SMILES string of the molecule is CCCCCCCCOC(=O)/C=C/C#CCOC(=O)COc1ccc(Cl)cc1Cl. The molecule has 29 heavy (non-hydrogen) atoms. The first-order valence-corrected chi connectivity index (χ1v) is 10.3. The second-order valence-electron chi connectivity index (χ2n) is 6.11. The molecule has 0 amide bonds. The van der Waals surface area contributed by atoms with E-state index in [-0.39, 0.29) is 13.2 Å². The molecule has 158 valence electrons. The second-order valence-corrected chi connectivity index (χ2v) is 6.96. The van der Waals surface area contributed by atoms with Gasteiger partial charge in [-0.05, 0) is 30.7 Å². The minimum Gasteiger partial charge on any atom is -0.480 e. The van der Waals surface area contributed by atoms with Crippen molar-refractivity contribution in [3.05, 3.63) is 40.4 Å². The van der Waals surface area contributed by atoms with Crippen molar-refractivity contribution in [1.82, 2.24) is 0 Å². The summed E-state index contributed by atoms with van der Waals surface area (Å²) in [7, 11) is 0. The number of esters is 2. The number of unbranched alkanes of at least 4 members (excludes halogenated alkanes) is 5. The van der Waals surface area contributed by atoms with Gasteiger partial charge in [0.05, 0.1) is 11.6 Å². The minimum absolute atomic E-state index is 0.117. The molecule has 7 heteroatoms. The van der Waals surface area contributed by atoms with Crippen molar-refractivity contribution in [3.63, 3.8) is 0 Å². The number of benzene rings is 1. The third-order valence-corrected chi connectivity index (χ3v) is 4.22. The molecule has 0 heterocycles. The van der Waals surface area contributed by atoms with Crippen LogP contribution >= 0.6 is 23.2 Å². The van der Waals surface area contributed by atoms with E-state index in [1.807, 2.05) is 0 Å². The van der Waals surface area contributed by atoms with Crippen molar-refractivity contribution in [2.45, 2.75) is 45.4 Å². The van der Waals surface area contributed by atoms with Crippen LogP contribution in [0.25, 0.3) is 0 Å². The molecule has 0 fully saturated rings. The Bertz CT molecular complexity index is 734. The quantitative estimate of drug-likeness (QED) is 0.189. The van der Waals surface area contributed by atoms with Crippen LogP contribution in [-0.4, -0.2) is 31.8 Å². The first-order valence-electron chi connectivity index (χ1n) is 9.58. The van der Waals surface area contributed by atoms with E-state index in [1.54, 1.807) is 12.1 Å². The highest BCUT2D eigenvalue weighted by atomic mass is 35.5. The molecule has 0 saturated heterocycles. The van der Waals surface area contributed by atoms with Crippen molar-refractivity contribution in [2.24, 2.45) is 0 Å². The maximum atomic E-state index is 11.6. The van der Waals surface area contributed by atoms with Gasteiger partial charge in [-0.25, -0.2) is 9.59 Å². The van der Waals surface area contributed by atoms with Crippen molar-refractivity contribution in [3.8, 4) is 17.6 Å². The maximum Gasteiger partial charge on any atom is 0.345 e. The molecule has 0 aromatic heterocycles. The summed E-state index contributed by atoms with van der Waals surface area (Å²) in [6, 6.07) is 4.68. The highest BCUT2D eigenvalue weighted by Gasteiger charge is 2.07. The standard InChI is InChI=1S/C22H26Cl2O5/c1-2-3-4-5-6-9-14-27-21(25)11-8-7-10-15-28-22(26)17-29-20-13-12-18(23)16-19(20)24/h8,11-13,16H,2-6,9,14-15,17H2,1H3/b11-8+. The molecular formula is C22H26Cl2O5. The Morgan fingerprint density at radius 3 is 2.59 bits per heavy atom. The van der Waals surface area contributed by atoms with Gasteiger partial charge in [0, 0.05) is 11.1 Å². The number of carbonyl (C=O) groups is 2. The molecule has 0 spiro atoms. The van der Waals surface area contributed by atoms with Crippen molar-refractivity contribution in [2.75, 3.05) is 19.8 Å². The summed E-state index contributed by atoms with van der Waals surface area (Å²) in [5.41, 5.74) is 0. The zero-order valence-corrected chi connectivity index (χ0v) is 18.1. The van der Waals surface area contributed by atoms with Gasteiger partial charge in [-0.15, -0.1) is 0 Å². The zero-order chi connectivity index (χ0) is 21.3. The van der Waals surface area contributed by atoms with Gasteiger partial charge < -0.3 is 14.2 Å². The van der Waals surface area contributed by atoms with E-state index in [9.17, 15) is 9.59 Å². The first-order chi connectivity index (χ1) is 14.0. The van der Waals surface area contributed by atoms with E-state index in [2.05, 4.69) is 18.8 Å². The Balaban J connectivity index is 2.12.